The summed E-state index contributed by atoms with van der Waals surface area (Å²) in [6, 6.07) is 36.4. The fourth-order valence-electron chi connectivity index (χ4n) is 2.79. The Morgan fingerprint density at radius 2 is 0.760 bits per heavy atom. The number of benzene rings is 3. The van der Waals surface area contributed by atoms with Crippen LogP contribution in [0.1, 0.15) is 7.43 Å². The third kappa shape index (κ3) is 3.84. The predicted molar refractivity (Wildman–Crippen MR) is 112 cm³/mol. The molecule has 0 amide bonds. The first-order chi connectivity index (χ1) is 11.9. The van der Waals surface area contributed by atoms with Crippen molar-refractivity contribution < 1.29 is 0 Å². The molecule has 0 N–H and O–H groups in total. The highest BCUT2D eigenvalue weighted by Gasteiger charge is 2.18. The van der Waals surface area contributed by atoms with Crippen LogP contribution in [0.5, 0.6) is 0 Å². The lowest BCUT2D eigenvalue weighted by molar-refractivity contribution is 1.63. The van der Waals surface area contributed by atoms with Crippen molar-refractivity contribution in [1.29, 1.82) is 0 Å². The Hall–Kier alpha value is -2.77. The molecule has 0 nitrogen and oxygen atoms in total. The van der Waals surface area contributed by atoms with Crippen LogP contribution < -0.4 is 0 Å². The first kappa shape index (κ1) is 17.1. The van der Waals surface area contributed by atoms with E-state index >= 15 is 0 Å². The van der Waals surface area contributed by atoms with Crippen molar-refractivity contribution >= 4 is 11.3 Å². The second kappa shape index (κ2) is 7.87. The minimum atomic E-state index is 0. The van der Waals surface area contributed by atoms with Gasteiger partial charge in [-0.05, 0) is 35.4 Å². The molecule has 0 atom stereocenters. The quantitative estimate of drug-likeness (QED) is 0.335. The van der Waals surface area contributed by atoms with Gasteiger partial charge in [-0.3, -0.25) is 0 Å². The van der Waals surface area contributed by atoms with Gasteiger partial charge in [0.2, 0.25) is 21.1 Å². The molecule has 0 fully saturated rings. The molecular formula is C24H21S+. The summed E-state index contributed by atoms with van der Waals surface area (Å²) in [5, 5.41) is 0. The lowest BCUT2D eigenvalue weighted by Gasteiger charge is -2.02. The zero-order valence-electron chi connectivity index (χ0n) is 13.2. The first-order valence-electron chi connectivity index (χ1n) is 8.04. The van der Waals surface area contributed by atoms with E-state index in [1.807, 2.05) is 11.3 Å². The van der Waals surface area contributed by atoms with Crippen molar-refractivity contribution in [1.82, 2.24) is 0 Å². The first-order valence-corrected chi connectivity index (χ1v) is 8.86. The van der Waals surface area contributed by atoms with Crippen LogP contribution in [0.4, 0.5) is 0 Å². The summed E-state index contributed by atoms with van der Waals surface area (Å²) in [4.78, 5) is 2.58. The van der Waals surface area contributed by atoms with Gasteiger partial charge in [0, 0.05) is 23.3 Å². The second-order valence-electron chi connectivity index (χ2n) is 5.67. The molecule has 0 radical (unpaired) electrons. The topological polar surface area (TPSA) is 0 Å². The molecule has 0 aliphatic carbocycles. The number of hydrogen-bond donors (Lipinski definition) is 0. The Morgan fingerprint density at radius 3 is 1.16 bits per heavy atom. The van der Waals surface area contributed by atoms with Crippen LogP contribution in [0.25, 0.3) is 32.0 Å². The van der Waals surface area contributed by atoms with Crippen molar-refractivity contribution in [3.8, 4) is 32.0 Å². The van der Waals surface area contributed by atoms with E-state index in [2.05, 4.69) is 103 Å². The van der Waals surface area contributed by atoms with Gasteiger partial charge in [0.05, 0.1) is 0 Å². The second-order valence-corrected chi connectivity index (χ2v) is 6.76. The van der Waals surface area contributed by atoms with Crippen LogP contribution in [0, 0.1) is 0 Å². The fourth-order valence-corrected chi connectivity index (χ4v) is 3.90. The van der Waals surface area contributed by atoms with Gasteiger partial charge in [-0.2, -0.15) is 0 Å². The summed E-state index contributed by atoms with van der Waals surface area (Å²) in [6.07, 6.45) is 0. The molecule has 0 bridgehead atoms. The zero-order chi connectivity index (χ0) is 16.2. The number of rotatable bonds is 3. The van der Waals surface area contributed by atoms with Crippen molar-refractivity contribution in [2.75, 3.05) is 0 Å². The zero-order valence-corrected chi connectivity index (χ0v) is 14.0. The Morgan fingerprint density at radius 1 is 0.400 bits per heavy atom. The van der Waals surface area contributed by atoms with Crippen molar-refractivity contribution in [2.45, 2.75) is 7.43 Å². The molecule has 0 unspecified atom stereocenters. The molecule has 122 valence electrons. The standard InChI is InChI=1S/C23H17S.CH4/c1-4-10-18(11-5-1)21-16-22(19-12-6-2-7-13-19)24-23(17-21)20-14-8-3-9-15-20;/h1-17H;1H4/q+1;. The highest BCUT2D eigenvalue weighted by molar-refractivity contribution is 7.18. The molecule has 4 rings (SSSR count). The summed E-state index contributed by atoms with van der Waals surface area (Å²) >= 11 is 1.84. The van der Waals surface area contributed by atoms with Crippen LogP contribution >= 0.6 is 11.3 Å². The van der Waals surface area contributed by atoms with E-state index in [1.165, 1.54) is 32.0 Å². The molecule has 25 heavy (non-hydrogen) atoms. The van der Waals surface area contributed by atoms with E-state index < -0.39 is 0 Å². The van der Waals surface area contributed by atoms with Gasteiger partial charge in [0.15, 0.2) is 0 Å². The lowest BCUT2D eigenvalue weighted by Crippen LogP contribution is -1.83. The smallest absolute Gasteiger partial charge is 0.0776 e. The minimum Gasteiger partial charge on any atom is -0.0776 e. The average Bonchev–Trinajstić information content (AvgIpc) is 2.70. The Kier molecular flexibility index (Phi) is 5.37. The highest BCUT2D eigenvalue weighted by atomic mass is 32.1. The summed E-state index contributed by atoms with van der Waals surface area (Å²) in [7, 11) is 0. The third-order valence-electron chi connectivity index (χ3n) is 4.02. The Labute approximate surface area is 154 Å². The molecule has 4 aromatic rings. The Bertz CT molecular complexity index is 790. The van der Waals surface area contributed by atoms with E-state index in [9.17, 15) is 0 Å². The van der Waals surface area contributed by atoms with E-state index in [4.69, 9.17) is 0 Å². The third-order valence-corrected chi connectivity index (χ3v) is 5.16. The minimum absolute atomic E-state index is 0. The van der Waals surface area contributed by atoms with Gasteiger partial charge in [0.25, 0.3) is 0 Å². The maximum Gasteiger partial charge on any atom is 0.239 e. The summed E-state index contributed by atoms with van der Waals surface area (Å²) in [6.45, 7) is 0. The highest BCUT2D eigenvalue weighted by Crippen LogP contribution is 2.37. The molecule has 1 aromatic heterocycles. The molecule has 1 heterocycles. The van der Waals surface area contributed by atoms with Crippen LogP contribution in [0.3, 0.4) is 0 Å². The van der Waals surface area contributed by atoms with Crippen LogP contribution in [0.2, 0.25) is 0 Å². The maximum absolute atomic E-state index is 2.29. The van der Waals surface area contributed by atoms with Gasteiger partial charge < -0.3 is 0 Å². The Balaban J connectivity index is 0.00000182. The molecule has 3 aromatic carbocycles. The summed E-state index contributed by atoms with van der Waals surface area (Å²) in [5.41, 5.74) is 5.03. The molecule has 0 aliphatic rings. The van der Waals surface area contributed by atoms with Crippen LogP contribution in [0.15, 0.2) is 103 Å². The van der Waals surface area contributed by atoms with Gasteiger partial charge in [-0.25, -0.2) is 0 Å². The molecule has 1 heteroatoms. The van der Waals surface area contributed by atoms with Gasteiger partial charge in [-0.15, -0.1) is 0 Å². The van der Waals surface area contributed by atoms with Gasteiger partial charge >= 0.3 is 0 Å². The lowest BCUT2D eigenvalue weighted by atomic mass is 10.0. The molecule has 0 aliphatic heterocycles. The fraction of sp³-hybridized carbons (Fsp3) is 0.0417. The molecule has 0 saturated carbocycles. The van der Waals surface area contributed by atoms with E-state index in [0.717, 1.165) is 0 Å². The van der Waals surface area contributed by atoms with Crippen molar-refractivity contribution in [2.24, 2.45) is 0 Å². The maximum atomic E-state index is 2.29. The van der Waals surface area contributed by atoms with E-state index in [-0.39, 0.29) is 7.43 Å². The monoisotopic (exact) mass is 341 g/mol. The van der Waals surface area contributed by atoms with E-state index in [1.54, 1.807) is 0 Å². The number of hydrogen-bond acceptors (Lipinski definition) is 0. The van der Waals surface area contributed by atoms with E-state index in [0.29, 0.717) is 0 Å². The molecule has 0 saturated heterocycles. The predicted octanol–water partition coefficient (Wildman–Crippen LogP) is 7.67. The van der Waals surface area contributed by atoms with Crippen molar-refractivity contribution in [3.05, 3.63) is 103 Å². The largest absolute Gasteiger partial charge is 0.239 e. The average molecular weight is 341 g/mol. The van der Waals surface area contributed by atoms with Gasteiger partial charge in [0.1, 0.15) is 0 Å². The SMILES string of the molecule is C.c1ccc(-c2cc(-c3ccccc3)[s+]c(-c3ccccc3)c2)cc1. The van der Waals surface area contributed by atoms with Gasteiger partial charge in [-0.1, -0.05) is 74.2 Å². The van der Waals surface area contributed by atoms with Crippen molar-refractivity contribution in [3.63, 3.8) is 0 Å². The summed E-state index contributed by atoms with van der Waals surface area (Å²) in [5.74, 6) is 0. The molecular weight excluding hydrogens is 320 g/mol. The van der Waals surface area contributed by atoms with Crippen LogP contribution in [-0.2, 0) is 0 Å². The molecule has 0 spiro atoms. The summed E-state index contributed by atoms with van der Waals surface area (Å²) < 4.78 is 0. The van der Waals surface area contributed by atoms with Crippen LogP contribution in [-0.4, -0.2) is 0 Å². The normalized spacial score (nSPS) is 10.1.